The molecule has 2 N–H and O–H groups in total. The number of benzene rings is 3. The second-order valence-electron chi connectivity index (χ2n) is 7.33. The van der Waals surface area contributed by atoms with Crippen molar-refractivity contribution >= 4 is 40.9 Å². The van der Waals surface area contributed by atoms with Crippen molar-refractivity contribution in [2.45, 2.75) is 13.8 Å². The molecule has 2 amide bonds. The Kier molecular flexibility index (Phi) is 7.85. The van der Waals surface area contributed by atoms with Gasteiger partial charge in [-0.05, 0) is 66.9 Å². The van der Waals surface area contributed by atoms with Gasteiger partial charge in [0.05, 0.1) is 10.7 Å². The van der Waals surface area contributed by atoms with E-state index in [-0.39, 0.29) is 18.1 Å². The van der Waals surface area contributed by atoms with Gasteiger partial charge in [-0.2, -0.15) is 5.26 Å². The highest BCUT2D eigenvalue weighted by molar-refractivity contribution is 6.34. The Bertz CT molecular complexity index is 1240. The smallest absolute Gasteiger partial charge is 0.266 e. The topological polar surface area (TPSA) is 91.2 Å². The number of nitriles is 1. The van der Waals surface area contributed by atoms with Gasteiger partial charge in [-0.1, -0.05) is 48.0 Å². The molecule has 0 saturated heterocycles. The van der Waals surface area contributed by atoms with E-state index >= 15 is 0 Å². The highest BCUT2D eigenvalue weighted by Gasteiger charge is 2.11. The van der Waals surface area contributed by atoms with Gasteiger partial charge in [0.15, 0.2) is 6.61 Å². The van der Waals surface area contributed by atoms with Crippen molar-refractivity contribution in [3.05, 3.63) is 94.0 Å². The number of hydrogen-bond acceptors (Lipinski definition) is 4. The summed E-state index contributed by atoms with van der Waals surface area (Å²) in [6, 6.07) is 21.2. The molecule has 0 fully saturated rings. The van der Waals surface area contributed by atoms with Gasteiger partial charge < -0.3 is 15.4 Å². The number of anilines is 2. The maximum Gasteiger partial charge on any atom is 0.266 e. The van der Waals surface area contributed by atoms with Gasteiger partial charge in [0.2, 0.25) is 0 Å². The molecule has 7 heteroatoms. The summed E-state index contributed by atoms with van der Waals surface area (Å²) in [5, 5.41) is 15.2. The molecule has 6 nitrogen and oxygen atoms in total. The number of amides is 2. The molecule has 166 valence electrons. The summed E-state index contributed by atoms with van der Waals surface area (Å²) in [5.41, 5.74) is 3.76. The molecular formula is C26H22ClN3O3. The number of hydrogen-bond donors (Lipinski definition) is 2. The number of aryl methyl sites for hydroxylation is 2. The third-order valence-electron chi connectivity index (χ3n) is 4.72. The normalized spacial score (nSPS) is 10.8. The standard InChI is InChI=1S/C26H22ClN3O3/c1-17-7-8-18(2)24(13-17)29-25(31)16-33-21-11-9-19(10-12-21)14-20(15-28)26(32)30-23-6-4-3-5-22(23)27/h3-14H,16H2,1-2H3,(H,29,31)(H,30,32)/b20-14+. The number of carbonyl (C=O) groups excluding carboxylic acids is 2. The summed E-state index contributed by atoms with van der Waals surface area (Å²) in [7, 11) is 0. The van der Waals surface area contributed by atoms with Crippen LogP contribution in [0.15, 0.2) is 72.3 Å². The van der Waals surface area contributed by atoms with E-state index in [1.165, 1.54) is 6.08 Å². The van der Waals surface area contributed by atoms with Gasteiger partial charge in [-0.15, -0.1) is 0 Å². The van der Waals surface area contributed by atoms with Crippen molar-refractivity contribution in [2.75, 3.05) is 17.2 Å². The summed E-state index contributed by atoms with van der Waals surface area (Å²) in [6.07, 6.45) is 1.46. The Labute approximate surface area is 197 Å². The maximum atomic E-state index is 12.4. The lowest BCUT2D eigenvalue weighted by molar-refractivity contribution is -0.118. The van der Waals surface area contributed by atoms with Crippen LogP contribution in [0.1, 0.15) is 16.7 Å². The van der Waals surface area contributed by atoms with E-state index in [4.69, 9.17) is 16.3 Å². The van der Waals surface area contributed by atoms with Gasteiger partial charge in [-0.3, -0.25) is 9.59 Å². The molecule has 0 aromatic heterocycles. The Morgan fingerprint density at radius 3 is 2.42 bits per heavy atom. The van der Waals surface area contributed by atoms with Crippen molar-refractivity contribution in [2.24, 2.45) is 0 Å². The fraction of sp³-hybridized carbons (Fsp3) is 0.115. The SMILES string of the molecule is Cc1ccc(C)c(NC(=O)COc2ccc(/C=C(\C#N)C(=O)Nc3ccccc3Cl)cc2)c1. The van der Waals surface area contributed by atoms with Crippen molar-refractivity contribution in [3.8, 4) is 11.8 Å². The Morgan fingerprint density at radius 2 is 1.73 bits per heavy atom. The van der Waals surface area contributed by atoms with Crippen LogP contribution in [0, 0.1) is 25.2 Å². The fourth-order valence-corrected chi connectivity index (χ4v) is 3.12. The fourth-order valence-electron chi connectivity index (χ4n) is 2.93. The van der Waals surface area contributed by atoms with Gasteiger partial charge in [0, 0.05) is 5.69 Å². The quantitative estimate of drug-likeness (QED) is 0.359. The van der Waals surface area contributed by atoms with Crippen molar-refractivity contribution in [1.29, 1.82) is 5.26 Å². The number of rotatable bonds is 7. The second-order valence-corrected chi connectivity index (χ2v) is 7.74. The number of nitrogens with one attached hydrogen (secondary N) is 2. The number of para-hydroxylation sites is 1. The van der Waals surface area contributed by atoms with Crippen LogP contribution in [0.2, 0.25) is 5.02 Å². The molecule has 0 unspecified atom stereocenters. The van der Waals surface area contributed by atoms with Crippen LogP contribution in [0.25, 0.3) is 6.08 Å². The summed E-state index contributed by atoms with van der Waals surface area (Å²) in [4.78, 5) is 24.6. The molecule has 3 rings (SSSR count). The maximum absolute atomic E-state index is 12.4. The van der Waals surface area contributed by atoms with Crippen LogP contribution < -0.4 is 15.4 Å². The zero-order valence-corrected chi connectivity index (χ0v) is 18.9. The highest BCUT2D eigenvalue weighted by atomic mass is 35.5. The first-order valence-corrected chi connectivity index (χ1v) is 10.5. The third-order valence-corrected chi connectivity index (χ3v) is 5.04. The zero-order chi connectivity index (χ0) is 23.8. The van der Waals surface area contributed by atoms with Crippen molar-refractivity contribution in [1.82, 2.24) is 0 Å². The molecule has 0 aliphatic rings. The Morgan fingerprint density at radius 1 is 1.00 bits per heavy atom. The molecule has 0 aliphatic carbocycles. The van der Waals surface area contributed by atoms with E-state index in [1.807, 2.05) is 38.1 Å². The highest BCUT2D eigenvalue weighted by Crippen LogP contribution is 2.22. The predicted molar refractivity (Wildman–Crippen MR) is 130 cm³/mol. The molecule has 0 spiro atoms. The molecule has 0 atom stereocenters. The van der Waals surface area contributed by atoms with Crippen LogP contribution in [0.5, 0.6) is 5.75 Å². The molecule has 33 heavy (non-hydrogen) atoms. The molecule has 0 heterocycles. The Balaban J connectivity index is 1.59. The first kappa shape index (κ1) is 23.6. The largest absolute Gasteiger partial charge is 0.484 e. The van der Waals surface area contributed by atoms with Gasteiger partial charge in [-0.25, -0.2) is 0 Å². The second kappa shape index (κ2) is 11.0. The van der Waals surface area contributed by atoms with E-state index in [1.54, 1.807) is 48.5 Å². The predicted octanol–water partition coefficient (Wildman–Crippen LogP) is 5.52. The van der Waals surface area contributed by atoms with Crippen LogP contribution in [0.4, 0.5) is 11.4 Å². The van der Waals surface area contributed by atoms with Gasteiger partial charge in [0.1, 0.15) is 17.4 Å². The molecule has 0 radical (unpaired) electrons. The molecule has 3 aromatic carbocycles. The Hall–Kier alpha value is -4.08. The lowest BCUT2D eigenvalue weighted by Gasteiger charge is -2.10. The average molecular weight is 460 g/mol. The van der Waals surface area contributed by atoms with E-state index in [2.05, 4.69) is 10.6 Å². The minimum atomic E-state index is -0.561. The number of carbonyl (C=O) groups is 2. The number of nitrogens with zero attached hydrogens (tertiary/aromatic N) is 1. The third kappa shape index (κ3) is 6.70. The summed E-state index contributed by atoms with van der Waals surface area (Å²) in [6.45, 7) is 3.73. The summed E-state index contributed by atoms with van der Waals surface area (Å²) in [5.74, 6) is -0.341. The van der Waals surface area contributed by atoms with E-state index in [0.717, 1.165) is 16.8 Å². The van der Waals surface area contributed by atoms with E-state index in [9.17, 15) is 14.9 Å². The lowest BCUT2D eigenvalue weighted by Crippen LogP contribution is -2.20. The summed E-state index contributed by atoms with van der Waals surface area (Å²) < 4.78 is 5.54. The van der Waals surface area contributed by atoms with E-state index < -0.39 is 5.91 Å². The zero-order valence-electron chi connectivity index (χ0n) is 18.2. The van der Waals surface area contributed by atoms with Crippen LogP contribution in [-0.4, -0.2) is 18.4 Å². The average Bonchev–Trinajstić information content (AvgIpc) is 2.80. The van der Waals surface area contributed by atoms with Crippen LogP contribution >= 0.6 is 11.6 Å². The first-order chi connectivity index (χ1) is 15.9. The first-order valence-electron chi connectivity index (χ1n) is 10.1. The molecule has 3 aromatic rings. The summed E-state index contributed by atoms with van der Waals surface area (Å²) >= 11 is 6.05. The number of ether oxygens (including phenoxy) is 1. The molecule has 0 aliphatic heterocycles. The van der Waals surface area contributed by atoms with E-state index in [0.29, 0.717) is 22.0 Å². The van der Waals surface area contributed by atoms with Crippen molar-refractivity contribution in [3.63, 3.8) is 0 Å². The van der Waals surface area contributed by atoms with Crippen LogP contribution in [-0.2, 0) is 9.59 Å². The minimum Gasteiger partial charge on any atom is -0.484 e. The molecular weight excluding hydrogens is 438 g/mol. The van der Waals surface area contributed by atoms with Gasteiger partial charge in [0.25, 0.3) is 11.8 Å². The van der Waals surface area contributed by atoms with Gasteiger partial charge >= 0.3 is 0 Å². The van der Waals surface area contributed by atoms with Crippen molar-refractivity contribution < 1.29 is 14.3 Å². The minimum absolute atomic E-state index is 0.0727. The molecule has 0 bridgehead atoms. The molecule has 0 saturated carbocycles. The number of halogens is 1. The lowest BCUT2D eigenvalue weighted by atomic mass is 10.1. The monoisotopic (exact) mass is 459 g/mol. The van der Waals surface area contributed by atoms with Crippen LogP contribution in [0.3, 0.4) is 0 Å².